The minimum atomic E-state index is -3.39. The molecule has 4 heterocycles. The average Bonchev–Trinajstić information content (AvgIpc) is 3.52. The van der Waals surface area contributed by atoms with Crippen molar-refractivity contribution < 1.29 is 13.2 Å². The van der Waals surface area contributed by atoms with Crippen LogP contribution in [0.3, 0.4) is 0 Å². The number of hydrogen-bond acceptors (Lipinski definition) is 8. The Balaban J connectivity index is 1.32. The molecule has 4 aromatic rings. The van der Waals surface area contributed by atoms with Crippen molar-refractivity contribution in [2.24, 2.45) is 0 Å². The van der Waals surface area contributed by atoms with Crippen LogP contribution in [0.4, 0.5) is 5.95 Å². The Morgan fingerprint density at radius 3 is 2.70 bits per heavy atom. The largest absolute Gasteiger partial charge is 0.437 e. The summed E-state index contributed by atoms with van der Waals surface area (Å²) in [6, 6.07) is 15.6. The van der Waals surface area contributed by atoms with E-state index in [1.165, 1.54) is 0 Å². The van der Waals surface area contributed by atoms with Crippen molar-refractivity contribution in [2.75, 3.05) is 31.5 Å². The summed E-state index contributed by atoms with van der Waals surface area (Å²) >= 11 is 0. The lowest BCUT2D eigenvalue weighted by atomic mass is 10.0. The monoisotopic (exact) mass is 558 g/mol. The lowest BCUT2D eigenvalue weighted by Crippen LogP contribution is -2.38. The maximum absolute atomic E-state index is 13.1. The van der Waals surface area contributed by atoms with Crippen LogP contribution in [0.1, 0.15) is 36.8 Å². The Kier molecular flexibility index (Phi) is 7.64. The standard InChI is InChI=1S/C30H34N6O3S/c1-21-11-12-24-22(20-40(37,38)36-17-2-3-18-36)7-4-9-25(24)28(21)39-29-26(10-6-15-32-29)27-13-16-33-30(35-27)34-23-8-5-14-31-19-23/h4,6-7,9-13,15-16,23,31H,2-3,5,8,14,17-20H2,1H3,(H,33,34,35)/t23-/m0/s1. The number of hydrogen-bond donors (Lipinski definition) is 2. The number of ether oxygens (including phenoxy) is 1. The molecule has 6 rings (SSSR count). The summed E-state index contributed by atoms with van der Waals surface area (Å²) < 4.78 is 34.3. The molecule has 1 atom stereocenters. The van der Waals surface area contributed by atoms with Crippen LogP contribution in [-0.2, 0) is 15.8 Å². The molecular weight excluding hydrogens is 524 g/mol. The fourth-order valence-electron chi connectivity index (χ4n) is 5.52. The molecular formula is C30H34N6O3S. The van der Waals surface area contributed by atoms with Gasteiger partial charge in [0.05, 0.1) is 17.0 Å². The lowest BCUT2D eigenvalue weighted by molar-refractivity contribution is 0.466. The number of nitrogens with one attached hydrogen (secondary N) is 2. The zero-order valence-electron chi connectivity index (χ0n) is 22.6. The summed E-state index contributed by atoms with van der Waals surface area (Å²) in [5.41, 5.74) is 3.15. The Labute approximate surface area is 235 Å². The van der Waals surface area contributed by atoms with Gasteiger partial charge in [-0.15, -0.1) is 0 Å². The van der Waals surface area contributed by atoms with Crippen LogP contribution in [0.15, 0.2) is 60.9 Å². The predicted molar refractivity (Wildman–Crippen MR) is 157 cm³/mol. The van der Waals surface area contributed by atoms with Gasteiger partial charge >= 0.3 is 0 Å². The van der Waals surface area contributed by atoms with Crippen LogP contribution in [0, 0.1) is 6.92 Å². The van der Waals surface area contributed by atoms with Gasteiger partial charge in [0.15, 0.2) is 0 Å². The van der Waals surface area contributed by atoms with Gasteiger partial charge < -0.3 is 15.4 Å². The number of nitrogens with zero attached hydrogens (tertiary/aromatic N) is 4. The Morgan fingerprint density at radius 2 is 1.88 bits per heavy atom. The van der Waals surface area contributed by atoms with Crippen molar-refractivity contribution in [1.82, 2.24) is 24.6 Å². The second-order valence-corrected chi connectivity index (χ2v) is 12.5. The summed E-state index contributed by atoms with van der Waals surface area (Å²) in [6.07, 6.45) is 7.47. The van der Waals surface area contributed by atoms with Crippen LogP contribution in [0.2, 0.25) is 0 Å². The average molecular weight is 559 g/mol. The van der Waals surface area contributed by atoms with Crippen LogP contribution in [0.25, 0.3) is 22.0 Å². The summed E-state index contributed by atoms with van der Waals surface area (Å²) in [4.78, 5) is 13.8. The lowest BCUT2D eigenvalue weighted by Gasteiger charge is -2.23. The zero-order chi connectivity index (χ0) is 27.5. The van der Waals surface area contributed by atoms with E-state index in [9.17, 15) is 8.42 Å². The highest BCUT2D eigenvalue weighted by Gasteiger charge is 2.26. The van der Waals surface area contributed by atoms with Gasteiger partial charge in [0, 0.05) is 43.5 Å². The molecule has 0 spiro atoms. The van der Waals surface area contributed by atoms with E-state index >= 15 is 0 Å². The zero-order valence-corrected chi connectivity index (χ0v) is 23.5. The SMILES string of the molecule is Cc1ccc2c(CS(=O)(=O)N3CCCC3)cccc2c1Oc1ncccc1-c1ccnc(N[C@H]2CCCNC2)n1. The van der Waals surface area contributed by atoms with E-state index in [2.05, 4.69) is 20.6 Å². The highest BCUT2D eigenvalue weighted by atomic mass is 32.2. The summed E-state index contributed by atoms with van der Waals surface area (Å²) in [6.45, 7) is 5.10. The molecule has 0 unspecified atom stereocenters. The van der Waals surface area contributed by atoms with E-state index < -0.39 is 10.0 Å². The molecule has 0 bridgehead atoms. The minimum Gasteiger partial charge on any atom is -0.437 e. The first kappa shape index (κ1) is 26.6. The molecule has 2 N–H and O–H groups in total. The van der Waals surface area contributed by atoms with E-state index in [-0.39, 0.29) is 11.8 Å². The van der Waals surface area contributed by atoms with Gasteiger partial charge in [0.1, 0.15) is 5.75 Å². The van der Waals surface area contributed by atoms with Gasteiger partial charge in [0.25, 0.3) is 0 Å². The molecule has 0 aliphatic carbocycles. The first-order chi connectivity index (χ1) is 19.5. The van der Waals surface area contributed by atoms with Crippen molar-refractivity contribution in [1.29, 1.82) is 0 Å². The third kappa shape index (κ3) is 5.65. The molecule has 2 fully saturated rings. The molecule has 0 amide bonds. The highest BCUT2D eigenvalue weighted by molar-refractivity contribution is 7.88. The highest BCUT2D eigenvalue weighted by Crippen LogP contribution is 2.38. The minimum absolute atomic E-state index is 0.0328. The summed E-state index contributed by atoms with van der Waals surface area (Å²) in [5.74, 6) is 1.62. The van der Waals surface area contributed by atoms with Gasteiger partial charge in [-0.3, -0.25) is 0 Å². The normalized spacial score (nSPS) is 18.2. The van der Waals surface area contributed by atoms with E-state index in [0.29, 0.717) is 36.4 Å². The number of rotatable bonds is 8. The molecule has 0 saturated carbocycles. The summed E-state index contributed by atoms with van der Waals surface area (Å²) in [5, 5.41) is 8.55. The van der Waals surface area contributed by atoms with Gasteiger partial charge in [-0.05, 0) is 73.9 Å². The van der Waals surface area contributed by atoms with Gasteiger partial charge in [0.2, 0.25) is 21.9 Å². The van der Waals surface area contributed by atoms with Crippen molar-refractivity contribution in [2.45, 2.75) is 44.4 Å². The van der Waals surface area contributed by atoms with Crippen molar-refractivity contribution in [3.63, 3.8) is 0 Å². The number of fused-ring (bicyclic) bond motifs is 1. The molecule has 2 aliphatic rings. The molecule has 40 heavy (non-hydrogen) atoms. The van der Waals surface area contributed by atoms with Gasteiger partial charge in [-0.1, -0.05) is 30.3 Å². The Morgan fingerprint density at radius 1 is 1.00 bits per heavy atom. The molecule has 2 aromatic carbocycles. The number of piperidine rings is 1. The Hall–Kier alpha value is -3.60. The maximum Gasteiger partial charge on any atom is 0.228 e. The number of aryl methyl sites for hydroxylation is 1. The van der Waals surface area contributed by atoms with Gasteiger partial charge in [-0.25, -0.2) is 27.7 Å². The first-order valence-electron chi connectivity index (χ1n) is 13.9. The number of anilines is 1. The quantitative estimate of drug-likeness (QED) is 0.315. The van der Waals surface area contributed by atoms with Crippen LogP contribution in [-0.4, -0.2) is 59.9 Å². The molecule has 2 aromatic heterocycles. The van der Waals surface area contributed by atoms with Crippen LogP contribution >= 0.6 is 0 Å². The van der Waals surface area contributed by atoms with Crippen molar-refractivity contribution >= 4 is 26.7 Å². The van der Waals surface area contributed by atoms with E-state index in [1.54, 1.807) is 16.7 Å². The third-order valence-corrected chi connectivity index (χ3v) is 9.45. The van der Waals surface area contributed by atoms with Crippen molar-refractivity contribution in [3.05, 3.63) is 72.1 Å². The smallest absolute Gasteiger partial charge is 0.228 e. The Bertz CT molecular complexity index is 1620. The second-order valence-electron chi connectivity index (χ2n) is 10.5. The molecule has 9 nitrogen and oxygen atoms in total. The topological polar surface area (TPSA) is 109 Å². The second kappa shape index (κ2) is 11.5. The van der Waals surface area contributed by atoms with Crippen molar-refractivity contribution in [3.8, 4) is 22.9 Å². The van der Waals surface area contributed by atoms with Crippen LogP contribution in [0.5, 0.6) is 11.6 Å². The molecule has 2 aliphatic heterocycles. The molecule has 10 heteroatoms. The third-order valence-electron chi connectivity index (χ3n) is 7.63. The molecule has 208 valence electrons. The van der Waals surface area contributed by atoms with Crippen LogP contribution < -0.4 is 15.4 Å². The number of aromatic nitrogens is 3. The number of pyridine rings is 1. The fourth-order valence-corrected chi connectivity index (χ4v) is 7.16. The van der Waals surface area contributed by atoms with E-state index in [1.807, 2.05) is 55.5 Å². The fraction of sp³-hybridized carbons (Fsp3) is 0.367. The van der Waals surface area contributed by atoms with Gasteiger partial charge in [-0.2, -0.15) is 0 Å². The molecule has 2 saturated heterocycles. The maximum atomic E-state index is 13.1. The number of sulfonamides is 1. The van der Waals surface area contributed by atoms with E-state index in [0.717, 1.165) is 66.2 Å². The van der Waals surface area contributed by atoms with E-state index in [4.69, 9.17) is 9.72 Å². The first-order valence-corrected chi connectivity index (χ1v) is 15.5. The summed E-state index contributed by atoms with van der Waals surface area (Å²) in [7, 11) is -3.39. The molecule has 0 radical (unpaired) electrons. The number of benzene rings is 2. The predicted octanol–water partition coefficient (Wildman–Crippen LogP) is 4.88.